The molecule has 0 aromatic carbocycles. The lowest BCUT2D eigenvalue weighted by molar-refractivity contribution is 0.221. The van der Waals surface area contributed by atoms with E-state index < -0.39 is 6.10 Å². The lowest BCUT2D eigenvalue weighted by Gasteiger charge is -2.12. The first-order chi connectivity index (χ1) is 13.8. The van der Waals surface area contributed by atoms with Crippen LogP contribution in [-0.4, -0.2) is 10.1 Å². The average molecular weight is 361 g/mol. The van der Waals surface area contributed by atoms with Crippen LogP contribution in [0.15, 0.2) is 103 Å². The van der Waals surface area contributed by atoms with Crippen LogP contribution < -0.4 is 0 Å². The van der Waals surface area contributed by atoms with Crippen LogP contribution >= 0.6 is 0 Å². The van der Waals surface area contributed by atoms with Gasteiger partial charge in [0.15, 0.2) is 0 Å². The van der Waals surface area contributed by atoms with Crippen LogP contribution in [0, 0.1) is 0 Å². The largest absolute Gasteiger partial charge is 0.384 e. The number of rotatable bonds is 3. The lowest BCUT2D eigenvalue weighted by atomic mass is 9.99. The Morgan fingerprint density at radius 3 is 2.00 bits per heavy atom. The maximum Gasteiger partial charge on any atom is 0.106 e. The molecular formula is C26H19NO. The van der Waals surface area contributed by atoms with Crippen molar-refractivity contribution >= 4 is 0 Å². The molecular weight excluding hydrogens is 342 g/mol. The quantitative estimate of drug-likeness (QED) is 0.425. The van der Waals surface area contributed by atoms with Gasteiger partial charge in [0.2, 0.25) is 0 Å². The number of fused-ring (bicyclic) bond motifs is 2. The van der Waals surface area contributed by atoms with Crippen LogP contribution in [0.25, 0.3) is 33.5 Å². The van der Waals surface area contributed by atoms with Gasteiger partial charge in [-0.1, -0.05) is 91.0 Å². The van der Waals surface area contributed by atoms with Gasteiger partial charge in [-0.25, -0.2) is 0 Å². The zero-order chi connectivity index (χ0) is 18.9. The molecule has 2 nitrogen and oxygen atoms in total. The van der Waals surface area contributed by atoms with Crippen molar-refractivity contribution in [2.24, 2.45) is 0 Å². The maximum absolute atomic E-state index is 10.9. The zero-order valence-corrected chi connectivity index (χ0v) is 15.3. The third-order valence-electron chi connectivity index (χ3n) is 5.29. The summed E-state index contributed by atoms with van der Waals surface area (Å²) in [4.78, 5) is 4.66. The number of hydrogen-bond donors (Lipinski definition) is 1. The third kappa shape index (κ3) is 2.84. The van der Waals surface area contributed by atoms with Crippen LogP contribution in [0.3, 0.4) is 0 Å². The fourth-order valence-electron chi connectivity index (χ4n) is 3.82. The first kappa shape index (κ1) is 16.7. The summed E-state index contributed by atoms with van der Waals surface area (Å²) in [7, 11) is 0. The van der Waals surface area contributed by atoms with Crippen molar-refractivity contribution in [1.29, 1.82) is 0 Å². The van der Waals surface area contributed by atoms with E-state index in [0.717, 1.165) is 33.5 Å². The van der Waals surface area contributed by atoms with Gasteiger partial charge >= 0.3 is 0 Å². The number of aliphatic hydroxyl groups excluding tert-OH is 1. The molecule has 1 atom stereocenters. The Kier molecular flexibility index (Phi) is 4.12. The maximum atomic E-state index is 10.9. The van der Waals surface area contributed by atoms with Crippen molar-refractivity contribution < 1.29 is 5.11 Å². The van der Waals surface area contributed by atoms with E-state index in [1.807, 2.05) is 66.7 Å². The molecule has 0 amide bonds. The number of aliphatic hydroxyl groups is 1. The van der Waals surface area contributed by atoms with Gasteiger partial charge < -0.3 is 5.11 Å². The Labute approximate surface area is 164 Å². The minimum absolute atomic E-state index is 0.698. The van der Waals surface area contributed by atoms with Crippen molar-refractivity contribution in [2.45, 2.75) is 6.10 Å². The lowest BCUT2D eigenvalue weighted by Crippen LogP contribution is -2.00. The van der Waals surface area contributed by atoms with Crippen LogP contribution in [0.4, 0.5) is 0 Å². The summed E-state index contributed by atoms with van der Waals surface area (Å²) < 4.78 is 0. The van der Waals surface area contributed by atoms with E-state index in [2.05, 4.69) is 35.3 Å². The molecule has 1 aromatic heterocycles. The monoisotopic (exact) mass is 361 g/mol. The average Bonchev–Trinajstić information content (AvgIpc) is 3.13. The molecule has 1 heterocycles. The van der Waals surface area contributed by atoms with Gasteiger partial charge in [-0.05, 0) is 33.9 Å². The number of pyridine rings is 1. The van der Waals surface area contributed by atoms with Gasteiger partial charge in [0, 0.05) is 17.3 Å². The highest BCUT2D eigenvalue weighted by Gasteiger charge is 2.18. The van der Waals surface area contributed by atoms with Crippen molar-refractivity contribution in [2.75, 3.05) is 0 Å². The van der Waals surface area contributed by atoms with Crippen LogP contribution in [0.2, 0.25) is 0 Å². The number of hydrogen-bond acceptors (Lipinski definition) is 2. The van der Waals surface area contributed by atoms with Crippen molar-refractivity contribution in [3.05, 3.63) is 114 Å². The molecule has 0 radical (unpaired) electrons. The Morgan fingerprint density at radius 1 is 0.571 bits per heavy atom. The number of nitrogens with zero attached hydrogens (tertiary/aromatic N) is 1. The van der Waals surface area contributed by atoms with Gasteiger partial charge in [-0.3, -0.25) is 4.98 Å². The fourth-order valence-corrected chi connectivity index (χ4v) is 3.82. The molecule has 4 aliphatic rings. The van der Waals surface area contributed by atoms with E-state index in [9.17, 15) is 5.11 Å². The standard InChI is InChI=1S/C26H19NO/c28-26(24-15-12-19-8-4-2-6-10-22(19)24)20-13-16-25(27-17-20)23-14-11-18-7-3-1-5-9-21(18)23/h1-17,26,28H. The molecule has 2 heteroatoms. The minimum Gasteiger partial charge on any atom is -0.384 e. The molecule has 1 unspecified atom stereocenters. The zero-order valence-electron chi connectivity index (χ0n) is 15.3. The van der Waals surface area contributed by atoms with Gasteiger partial charge in [0.25, 0.3) is 0 Å². The second-order valence-electron chi connectivity index (χ2n) is 6.97. The first-order valence-electron chi connectivity index (χ1n) is 9.41. The summed E-state index contributed by atoms with van der Waals surface area (Å²) in [6.07, 6.45) is 1.08. The van der Waals surface area contributed by atoms with Crippen LogP contribution in [0.5, 0.6) is 0 Å². The van der Waals surface area contributed by atoms with Crippen molar-refractivity contribution in [3.8, 4) is 33.5 Å². The summed E-state index contributed by atoms with van der Waals surface area (Å²) in [6.45, 7) is 0. The van der Waals surface area contributed by atoms with E-state index in [4.69, 9.17) is 0 Å². The Bertz CT molecular complexity index is 1180. The highest BCUT2D eigenvalue weighted by Crippen LogP contribution is 2.36. The molecule has 0 bridgehead atoms. The van der Waals surface area contributed by atoms with Crippen molar-refractivity contribution in [3.63, 3.8) is 0 Å². The van der Waals surface area contributed by atoms with Gasteiger partial charge in [-0.15, -0.1) is 0 Å². The molecule has 5 rings (SSSR count). The summed E-state index contributed by atoms with van der Waals surface area (Å²) >= 11 is 0. The molecule has 4 aliphatic carbocycles. The molecule has 1 aromatic rings. The van der Waals surface area contributed by atoms with E-state index in [1.165, 1.54) is 11.1 Å². The van der Waals surface area contributed by atoms with E-state index in [-0.39, 0.29) is 0 Å². The van der Waals surface area contributed by atoms with E-state index >= 15 is 0 Å². The molecule has 0 spiro atoms. The van der Waals surface area contributed by atoms with Gasteiger partial charge in [0.1, 0.15) is 6.10 Å². The van der Waals surface area contributed by atoms with Crippen LogP contribution in [-0.2, 0) is 0 Å². The molecule has 0 aliphatic heterocycles. The minimum atomic E-state index is -0.698. The topological polar surface area (TPSA) is 33.1 Å². The number of aromatic nitrogens is 1. The normalized spacial score (nSPS) is 12.3. The molecule has 1 N–H and O–H groups in total. The summed E-state index contributed by atoms with van der Waals surface area (Å²) in [6, 6.07) is 32.7. The van der Waals surface area contributed by atoms with Crippen LogP contribution in [0.1, 0.15) is 17.2 Å². The van der Waals surface area contributed by atoms with Crippen molar-refractivity contribution in [1.82, 2.24) is 4.98 Å². The third-order valence-corrected chi connectivity index (χ3v) is 5.29. The Balaban J connectivity index is 1.49. The summed E-state index contributed by atoms with van der Waals surface area (Å²) in [5.74, 6) is 0. The summed E-state index contributed by atoms with van der Waals surface area (Å²) in [5.41, 5.74) is 8.29. The van der Waals surface area contributed by atoms with E-state index in [1.54, 1.807) is 6.20 Å². The highest BCUT2D eigenvalue weighted by molar-refractivity contribution is 5.84. The summed E-state index contributed by atoms with van der Waals surface area (Å²) in [5, 5.41) is 10.9. The first-order valence-corrected chi connectivity index (χ1v) is 9.41. The van der Waals surface area contributed by atoms with E-state index in [0.29, 0.717) is 0 Å². The van der Waals surface area contributed by atoms with Gasteiger partial charge in [0.05, 0.1) is 5.69 Å². The highest BCUT2D eigenvalue weighted by atomic mass is 16.3. The van der Waals surface area contributed by atoms with Gasteiger partial charge in [-0.2, -0.15) is 0 Å². The smallest absolute Gasteiger partial charge is 0.106 e. The molecule has 0 fully saturated rings. The molecule has 0 saturated carbocycles. The second-order valence-corrected chi connectivity index (χ2v) is 6.97. The molecule has 134 valence electrons. The Hall–Kier alpha value is -3.49. The SMILES string of the molecule is OC(c1ccc(-c2ccc3cccccc2-3)nc1)c1ccc2cccccc1-2. The predicted molar refractivity (Wildman–Crippen MR) is 113 cm³/mol. The fraction of sp³-hybridized carbons (Fsp3) is 0.0385. The molecule has 0 saturated heterocycles. The molecule has 28 heavy (non-hydrogen) atoms. The predicted octanol–water partition coefficient (Wildman–Crippen LogP) is 6.04. The Morgan fingerprint density at radius 2 is 1.25 bits per heavy atom. The second kappa shape index (κ2) is 6.91.